The van der Waals surface area contributed by atoms with Gasteiger partial charge in [0.25, 0.3) is 11.8 Å². The van der Waals surface area contributed by atoms with Gasteiger partial charge in [0.15, 0.2) is 5.69 Å². The summed E-state index contributed by atoms with van der Waals surface area (Å²) in [6.07, 6.45) is 1.20. The van der Waals surface area contributed by atoms with Crippen molar-refractivity contribution in [1.82, 2.24) is 9.78 Å². The molecule has 0 aliphatic heterocycles. The average Bonchev–Trinajstić information content (AvgIpc) is 3.24. The van der Waals surface area contributed by atoms with Crippen molar-refractivity contribution in [2.24, 2.45) is 10.9 Å². The van der Waals surface area contributed by atoms with Crippen LogP contribution in [-0.4, -0.2) is 30.0 Å². The number of nitrogens with two attached hydrogens (primary N) is 2. The smallest absolute Gasteiger partial charge is 0.269 e. The molecule has 11 heteroatoms. The normalized spacial score (nSPS) is 12.5. The van der Waals surface area contributed by atoms with Crippen molar-refractivity contribution in [3.05, 3.63) is 94.1 Å². The van der Waals surface area contributed by atoms with E-state index in [9.17, 15) is 18.0 Å². The zero-order valence-electron chi connectivity index (χ0n) is 18.7. The quantitative estimate of drug-likeness (QED) is 0.368. The molecule has 1 aliphatic rings. The molecule has 0 fully saturated rings. The van der Waals surface area contributed by atoms with Crippen LogP contribution >= 0.6 is 11.6 Å². The number of aryl methyl sites for hydroxylation is 1. The van der Waals surface area contributed by atoms with Crippen LogP contribution in [0.5, 0.6) is 0 Å². The number of sulfonamides is 1. The molecule has 5 rings (SSSR count). The zero-order chi connectivity index (χ0) is 25.6. The summed E-state index contributed by atoms with van der Waals surface area (Å²) in [6.45, 7) is 0. The number of primary sulfonamides is 1. The number of nitrogens with one attached hydrogen (secondary N) is 1. The summed E-state index contributed by atoms with van der Waals surface area (Å²) in [6, 6.07) is 18.0. The molecule has 3 aromatic carbocycles. The van der Waals surface area contributed by atoms with Crippen LogP contribution in [0, 0.1) is 0 Å². The lowest BCUT2D eigenvalue weighted by molar-refractivity contribution is 0.0992. The van der Waals surface area contributed by atoms with E-state index >= 15 is 0 Å². The molecular weight excluding hydrogens is 502 g/mol. The Kier molecular flexibility index (Phi) is 5.87. The number of anilines is 1. The van der Waals surface area contributed by atoms with Gasteiger partial charge in [-0.2, -0.15) is 5.10 Å². The lowest BCUT2D eigenvalue weighted by Gasteiger charge is -2.20. The third-order valence-corrected chi connectivity index (χ3v) is 7.15. The first-order valence-corrected chi connectivity index (χ1v) is 12.8. The third-order valence-electron chi connectivity index (χ3n) is 5.98. The molecule has 1 aromatic heterocycles. The second kappa shape index (κ2) is 8.90. The van der Waals surface area contributed by atoms with Gasteiger partial charge < -0.3 is 11.1 Å². The number of hydrogen-bond acceptors (Lipinski definition) is 5. The van der Waals surface area contributed by atoms with E-state index in [4.69, 9.17) is 22.5 Å². The monoisotopic (exact) mass is 521 g/mol. The van der Waals surface area contributed by atoms with Gasteiger partial charge in [-0.3, -0.25) is 9.59 Å². The minimum atomic E-state index is -3.87. The van der Waals surface area contributed by atoms with Gasteiger partial charge in [0.05, 0.1) is 16.3 Å². The second-order valence-electron chi connectivity index (χ2n) is 8.33. The van der Waals surface area contributed by atoms with E-state index in [1.807, 2.05) is 18.2 Å². The molecule has 1 heterocycles. The van der Waals surface area contributed by atoms with Crippen molar-refractivity contribution in [2.75, 3.05) is 5.32 Å². The maximum atomic E-state index is 12.8. The average molecular weight is 522 g/mol. The van der Waals surface area contributed by atoms with Gasteiger partial charge in [0.2, 0.25) is 10.0 Å². The third kappa shape index (κ3) is 4.37. The fourth-order valence-corrected chi connectivity index (χ4v) is 5.02. The predicted molar refractivity (Wildman–Crippen MR) is 136 cm³/mol. The predicted octanol–water partition coefficient (Wildman–Crippen LogP) is 3.29. The fraction of sp³-hybridized carbons (Fsp3) is 0.0800. The van der Waals surface area contributed by atoms with Gasteiger partial charge >= 0.3 is 0 Å². The van der Waals surface area contributed by atoms with Crippen molar-refractivity contribution >= 4 is 39.1 Å². The Morgan fingerprint density at radius 3 is 2.42 bits per heavy atom. The van der Waals surface area contributed by atoms with Gasteiger partial charge in [0, 0.05) is 27.4 Å². The Hall–Kier alpha value is -3.99. The summed E-state index contributed by atoms with van der Waals surface area (Å²) in [5, 5.41) is 13.0. The van der Waals surface area contributed by atoms with Crippen LogP contribution < -0.4 is 16.2 Å². The van der Waals surface area contributed by atoms with E-state index < -0.39 is 15.9 Å². The van der Waals surface area contributed by atoms with Crippen molar-refractivity contribution in [3.63, 3.8) is 0 Å². The topological polar surface area (TPSA) is 150 Å². The number of benzene rings is 3. The molecular formula is C25H20ClN5O4S. The van der Waals surface area contributed by atoms with Crippen LogP contribution in [0.4, 0.5) is 5.69 Å². The Morgan fingerprint density at radius 2 is 1.75 bits per heavy atom. The summed E-state index contributed by atoms with van der Waals surface area (Å²) in [5.74, 6) is -0.988. The summed E-state index contributed by atoms with van der Waals surface area (Å²) in [5.41, 5.74) is 10.3. The minimum Gasteiger partial charge on any atom is -0.364 e. The number of halogens is 1. The van der Waals surface area contributed by atoms with Crippen molar-refractivity contribution in [3.8, 4) is 16.9 Å². The number of carbonyl (C=O) groups is 2. The number of fused-ring (bicyclic) bond motifs is 3. The van der Waals surface area contributed by atoms with Gasteiger partial charge in [-0.05, 0) is 73.0 Å². The van der Waals surface area contributed by atoms with E-state index in [1.54, 1.807) is 41.1 Å². The molecule has 0 atom stereocenters. The fourth-order valence-electron chi connectivity index (χ4n) is 4.31. The lowest BCUT2D eigenvalue weighted by Crippen LogP contribution is -2.15. The van der Waals surface area contributed by atoms with Gasteiger partial charge in [-0.1, -0.05) is 23.7 Å². The number of primary amides is 1. The maximum absolute atomic E-state index is 12.8. The lowest BCUT2D eigenvalue weighted by atomic mass is 9.88. The van der Waals surface area contributed by atoms with E-state index in [1.165, 1.54) is 12.1 Å². The van der Waals surface area contributed by atoms with E-state index in [-0.39, 0.29) is 16.5 Å². The number of nitrogens with zero attached hydrogens (tertiary/aromatic N) is 2. The number of carbonyl (C=O) groups excluding carboxylic acids is 2. The highest BCUT2D eigenvalue weighted by Gasteiger charge is 2.28. The molecule has 182 valence electrons. The number of amides is 2. The van der Waals surface area contributed by atoms with Gasteiger partial charge in [0.1, 0.15) is 0 Å². The highest BCUT2D eigenvalue weighted by atomic mass is 35.5. The molecule has 4 aromatic rings. The zero-order valence-corrected chi connectivity index (χ0v) is 20.3. The van der Waals surface area contributed by atoms with E-state index in [0.29, 0.717) is 46.1 Å². The molecule has 9 nitrogen and oxygen atoms in total. The van der Waals surface area contributed by atoms with E-state index in [2.05, 4.69) is 10.4 Å². The molecule has 0 saturated carbocycles. The standard InChI is InChI=1S/C25H20ClN5O4S/c26-16-3-1-2-15(12-16)25(33)29-17-6-4-14-5-11-20-22(24(27)32)30-31(23(20)21(14)13-17)18-7-9-19(10-8-18)36(28,34)35/h1-4,6-10,12-13H,5,11H2,(H2,27,32)(H,29,33)(H2,28,34,35). The van der Waals surface area contributed by atoms with Crippen molar-refractivity contribution < 1.29 is 18.0 Å². The van der Waals surface area contributed by atoms with Crippen molar-refractivity contribution in [2.45, 2.75) is 17.7 Å². The highest BCUT2D eigenvalue weighted by molar-refractivity contribution is 7.89. The summed E-state index contributed by atoms with van der Waals surface area (Å²) in [7, 11) is -3.87. The molecule has 0 spiro atoms. The SMILES string of the molecule is NC(=O)c1nn(-c2ccc(S(N)(=O)=O)cc2)c2c1CCc1ccc(NC(=O)c3cccc(Cl)c3)cc1-2. The van der Waals surface area contributed by atoms with Crippen LogP contribution in [0.1, 0.15) is 32.0 Å². The number of aromatic nitrogens is 2. The minimum absolute atomic E-state index is 0.0474. The number of rotatable bonds is 5. The maximum Gasteiger partial charge on any atom is 0.269 e. The number of hydrogen-bond donors (Lipinski definition) is 3. The van der Waals surface area contributed by atoms with Gasteiger partial charge in [-0.15, -0.1) is 0 Å². The Labute approximate surface area is 211 Å². The first kappa shape index (κ1) is 23.7. The Morgan fingerprint density at radius 1 is 1.00 bits per heavy atom. The summed E-state index contributed by atoms with van der Waals surface area (Å²) < 4.78 is 24.9. The first-order chi connectivity index (χ1) is 17.1. The summed E-state index contributed by atoms with van der Waals surface area (Å²) >= 11 is 6.01. The van der Waals surface area contributed by atoms with Gasteiger partial charge in [-0.25, -0.2) is 18.2 Å². The van der Waals surface area contributed by atoms with Crippen LogP contribution in [-0.2, 0) is 22.9 Å². The Balaban J connectivity index is 1.60. The van der Waals surface area contributed by atoms with Crippen LogP contribution in [0.3, 0.4) is 0 Å². The molecule has 36 heavy (non-hydrogen) atoms. The molecule has 5 N–H and O–H groups in total. The second-order valence-corrected chi connectivity index (χ2v) is 10.3. The molecule has 0 radical (unpaired) electrons. The summed E-state index contributed by atoms with van der Waals surface area (Å²) in [4.78, 5) is 24.9. The largest absolute Gasteiger partial charge is 0.364 e. The molecule has 0 saturated heterocycles. The first-order valence-electron chi connectivity index (χ1n) is 10.9. The van der Waals surface area contributed by atoms with Crippen molar-refractivity contribution in [1.29, 1.82) is 0 Å². The van der Waals surface area contributed by atoms with E-state index in [0.717, 1.165) is 11.1 Å². The van der Waals surface area contributed by atoms with Crippen LogP contribution in [0.2, 0.25) is 5.02 Å². The molecule has 1 aliphatic carbocycles. The van der Waals surface area contributed by atoms with Crippen LogP contribution in [0.25, 0.3) is 16.9 Å². The molecule has 0 unspecified atom stereocenters. The molecule has 2 amide bonds. The highest BCUT2D eigenvalue weighted by Crippen LogP contribution is 2.38. The van der Waals surface area contributed by atoms with Crippen LogP contribution in [0.15, 0.2) is 71.6 Å². The molecule has 0 bridgehead atoms. The Bertz CT molecular complexity index is 1650.